The molecule has 20 heavy (non-hydrogen) atoms. The number of aryl methyl sites for hydroxylation is 1. The molecule has 0 aliphatic rings. The van der Waals surface area contributed by atoms with Crippen LogP contribution < -0.4 is 5.32 Å². The van der Waals surface area contributed by atoms with Gasteiger partial charge in [-0.25, -0.2) is 0 Å². The van der Waals surface area contributed by atoms with Gasteiger partial charge in [0.05, 0.1) is 0 Å². The summed E-state index contributed by atoms with van der Waals surface area (Å²) in [5, 5.41) is 15.5. The molecule has 6 nitrogen and oxygen atoms in total. The highest BCUT2D eigenvalue weighted by atomic mass is 16.5. The first-order valence-electron chi connectivity index (χ1n) is 7.06. The van der Waals surface area contributed by atoms with Crippen molar-refractivity contribution >= 4 is 5.91 Å². The topological polar surface area (TPSA) is 88.2 Å². The fraction of sp³-hybridized carbons (Fsp3) is 0.786. The number of rotatable bonds is 7. The van der Waals surface area contributed by atoms with Gasteiger partial charge in [-0.1, -0.05) is 25.9 Å². The number of hydrogen-bond acceptors (Lipinski definition) is 5. The number of nitrogens with one attached hydrogen (secondary N) is 1. The second-order valence-corrected chi connectivity index (χ2v) is 6.10. The molecule has 6 heteroatoms. The molecule has 2 N–H and O–H groups in total. The van der Waals surface area contributed by atoms with Gasteiger partial charge in [0.1, 0.15) is 0 Å². The normalized spacial score (nSPS) is 13.2. The number of carbonyl (C=O) groups excluding carboxylic acids is 1. The maximum absolute atomic E-state index is 11.7. The van der Waals surface area contributed by atoms with Crippen LogP contribution >= 0.6 is 0 Å². The number of carbonyl (C=O) groups is 1. The molecule has 1 aromatic rings. The van der Waals surface area contributed by atoms with Crippen molar-refractivity contribution in [3.63, 3.8) is 0 Å². The third-order valence-electron chi connectivity index (χ3n) is 2.91. The SMILES string of the molecule is CC(CCCO)NC(=O)CCc1nc(C(C)(C)C)no1. The highest BCUT2D eigenvalue weighted by molar-refractivity contribution is 5.76. The lowest BCUT2D eigenvalue weighted by molar-refractivity contribution is -0.121. The van der Waals surface area contributed by atoms with E-state index in [0.717, 1.165) is 6.42 Å². The van der Waals surface area contributed by atoms with Crippen molar-refractivity contribution in [2.75, 3.05) is 6.61 Å². The lowest BCUT2D eigenvalue weighted by Crippen LogP contribution is -2.32. The first-order valence-corrected chi connectivity index (χ1v) is 7.06. The van der Waals surface area contributed by atoms with E-state index >= 15 is 0 Å². The van der Waals surface area contributed by atoms with Gasteiger partial charge < -0.3 is 14.9 Å². The molecule has 1 unspecified atom stereocenters. The monoisotopic (exact) mass is 283 g/mol. The molecule has 0 aliphatic carbocycles. The first-order chi connectivity index (χ1) is 9.32. The Balaban J connectivity index is 2.36. The average molecular weight is 283 g/mol. The zero-order valence-electron chi connectivity index (χ0n) is 12.8. The summed E-state index contributed by atoms with van der Waals surface area (Å²) in [6.45, 7) is 8.11. The predicted molar refractivity (Wildman–Crippen MR) is 75.2 cm³/mol. The molecule has 0 fully saturated rings. The van der Waals surface area contributed by atoms with Crippen LogP contribution in [-0.2, 0) is 16.6 Å². The summed E-state index contributed by atoms with van der Waals surface area (Å²) in [6, 6.07) is 0.0717. The summed E-state index contributed by atoms with van der Waals surface area (Å²) in [5.74, 6) is 1.11. The van der Waals surface area contributed by atoms with Crippen molar-refractivity contribution in [2.45, 2.75) is 64.8 Å². The van der Waals surface area contributed by atoms with Gasteiger partial charge in [-0.2, -0.15) is 4.98 Å². The lowest BCUT2D eigenvalue weighted by atomic mass is 9.96. The Bertz CT molecular complexity index is 424. The maximum atomic E-state index is 11.7. The zero-order valence-corrected chi connectivity index (χ0v) is 12.8. The van der Waals surface area contributed by atoms with Crippen molar-refractivity contribution < 1.29 is 14.4 Å². The minimum Gasteiger partial charge on any atom is -0.396 e. The molecule has 0 saturated carbocycles. The summed E-state index contributed by atoms with van der Waals surface area (Å²) in [4.78, 5) is 16.0. The van der Waals surface area contributed by atoms with Gasteiger partial charge in [-0.15, -0.1) is 0 Å². The molecule has 0 bridgehead atoms. The molecule has 0 aliphatic heterocycles. The van der Waals surface area contributed by atoms with E-state index in [1.165, 1.54) is 0 Å². The number of hydrogen-bond donors (Lipinski definition) is 2. The minimum absolute atomic E-state index is 0.0362. The highest BCUT2D eigenvalue weighted by Gasteiger charge is 2.21. The Morgan fingerprint density at radius 3 is 2.70 bits per heavy atom. The molecule has 0 aromatic carbocycles. The fourth-order valence-corrected chi connectivity index (χ4v) is 1.70. The van der Waals surface area contributed by atoms with Gasteiger partial charge in [0.15, 0.2) is 5.82 Å². The molecule has 1 amide bonds. The third-order valence-corrected chi connectivity index (χ3v) is 2.91. The minimum atomic E-state index is -0.150. The van der Waals surface area contributed by atoms with Crippen LogP contribution in [0.15, 0.2) is 4.52 Å². The molecular weight excluding hydrogens is 258 g/mol. The third kappa shape index (κ3) is 5.69. The van der Waals surface area contributed by atoms with Crippen LogP contribution in [0.25, 0.3) is 0 Å². The van der Waals surface area contributed by atoms with Gasteiger partial charge in [-0.3, -0.25) is 4.79 Å². The van der Waals surface area contributed by atoms with E-state index in [1.807, 2.05) is 27.7 Å². The van der Waals surface area contributed by atoms with Crippen molar-refractivity contribution in [2.24, 2.45) is 0 Å². The summed E-state index contributed by atoms with van der Waals surface area (Å²) < 4.78 is 5.14. The van der Waals surface area contributed by atoms with Crippen LogP contribution in [0.4, 0.5) is 0 Å². The fourth-order valence-electron chi connectivity index (χ4n) is 1.70. The Hall–Kier alpha value is -1.43. The van der Waals surface area contributed by atoms with Crippen LogP contribution in [0.5, 0.6) is 0 Å². The smallest absolute Gasteiger partial charge is 0.227 e. The summed E-state index contributed by atoms with van der Waals surface area (Å²) >= 11 is 0. The molecule has 0 saturated heterocycles. The van der Waals surface area contributed by atoms with Crippen molar-refractivity contribution in [3.05, 3.63) is 11.7 Å². The molecule has 0 spiro atoms. The molecule has 1 aromatic heterocycles. The molecule has 1 rings (SSSR count). The number of aliphatic hydroxyl groups excluding tert-OH is 1. The first kappa shape index (κ1) is 16.6. The van der Waals surface area contributed by atoms with Gasteiger partial charge >= 0.3 is 0 Å². The summed E-state index contributed by atoms with van der Waals surface area (Å²) in [6.07, 6.45) is 2.24. The summed E-state index contributed by atoms with van der Waals surface area (Å²) in [5.41, 5.74) is -0.150. The van der Waals surface area contributed by atoms with E-state index in [4.69, 9.17) is 9.63 Å². The van der Waals surface area contributed by atoms with E-state index in [9.17, 15) is 4.79 Å². The van der Waals surface area contributed by atoms with Gasteiger partial charge in [0, 0.05) is 30.9 Å². The van der Waals surface area contributed by atoms with Crippen molar-refractivity contribution in [1.82, 2.24) is 15.5 Å². The average Bonchev–Trinajstić information content (AvgIpc) is 2.82. The van der Waals surface area contributed by atoms with E-state index in [-0.39, 0.29) is 24.0 Å². The van der Waals surface area contributed by atoms with Crippen molar-refractivity contribution in [3.8, 4) is 0 Å². The Labute approximate surface area is 120 Å². The number of aliphatic hydroxyl groups is 1. The van der Waals surface area contributed by atoms with E-state index in [2.05, 4.69) is 15.5 Å². The number of amides is 1. The maximum Gasteiger partial charge on any atom is 0.227 e. The Kier molecular flexibility index (Phi) is 6.13. The zero-order chi connectivity index (χ0) is 15.2. The second-order valence-electron chi connectivity index (χ2n) is 6.10. The highest BCUT2D eigenvalue weighted by Crippen LogP contribution is 2.18. The van der Waals surface area contributed by atoms with Gasteiger partial charge in [0.2, 0.25) is 11.8 Å². The summed E-state index contributed by atoms with van der Waals surface area (Å²) in [7, 11) is 0. The Morgan fingerprint density at radius 1 is 1.45 bits per heavy atom. The second kappa shape index (κ2) is 7.38. The number of nitrogens with zero attached hydrogens (tertiary/aromatic N) is 2. The van der Waals surface area contributed by atoms with Gasteiger partial charge in [-0.05, 0) is 19.8 Å². The van der Waals surface area contributed by atoms with Crippen LogP contribution in [0.1, 0.15) is 58.7 Å². The standard InChI is InChI=1S/C14H25N3O3/c1-10(6-5-9-18)15-11(19)7-8-12-16-13(17-20-12)14(2,3)4/h10,18H,5-9H2,1-4H3,(H,15,19). The quantitative estimate of drug-likeness (QED) is 0.793. The molecule has 0 radical (unpaired) electrons. The van der Waals surface area contributed by atoms with Crippen LogP contribution in [0.2, 0.25) is 0 Å². The van der Waals surface area contributed by atoms with Crippen LogP contribution in [0.3, 0.4) is 0 Å². The lowest BCUT2D eigenvalue weighted by Gasteiger charge is -2.12. The van der Waals surface area contributed by atoms with E-state index < -0.39 is 0 Å². The predicted octanol–water partition coefficient (Wildman–Crippen LogP) is 1.58. The van der Waals surface area contributed by atoms with Crippen LogP contribution in [-0.4, -0.2) is 33.8 Å². The molecular formula is C14H25N3O3. The largest absolute Gasteiger partial charge is 0.396 e. The van der Waals surface area contributed by atoms with Crippen molar-refractivity contribution in [1.29, 1.82) is 0 Å². The number of aromatic nitrogens is 2. The molecule has 114 valence electrons. The van der Waals surface area contributed by atoms with Gasteiger partial charge in [0.25, 0.3) is 0 Å². The van der Waals surface area contributed by atoms with Crippen LogP contribution in [0, 0.1) is 0 Å². The Morgan fingerprint density at radius 2 is 2.15 bits per heavy atom. The van der Waals surface area contributed by atoms with E-state index in [0.29, 0.717) is 31.0 Å². The van der Waals surface area contributed by atoms with E-state index in [1.54, 1.807) is 0 Å². The molecule has 1 atom stereocenters. The molecule has 1 heterocycles.